The van der Waals surface area contributed by atoms with E-state index in [1.165, 1.54) is 6.07 Å². The molecular weight excluding hydrogens is 214 g/mol. The number of carboxylic acids is 1. The van der Waals surface area contributed by atoms with E-state index in [0.29, 0.717) is 11.4 Å². The first-order chi connectivity index (χ1) is 7.50. The zero-order valence-corrected chi connectivity index (χ0v) is 8.64. The lowest BCUT2D eigenvalue weighted by Crippen LogP contribution is -2.08. The van der Waals surface area contributed by atoms with Gasteiger partial charge in [0.1, 0.15) is 12.0 Å². The lowest BCUT2D eigenvalue weighted by molar-refractivity contribution is -0.385. The SMILES string of the molecule is Cc1cc(NCCC(=O)O)ncc1[N+](=O)[O-]. The molecule has 7 heteroatoms. The van der Waals surface area contributed by atoms with E-state index in [4.69, 9.17) is 5.11 Å². The van der Waals surface area contributed by atoms with Crippen LogP contribution in [-0.2, 0) is 4.79 Å². The number of nitro groups is 1. The smallest absolute Gasteiger partial charge is 0.305 e. The number of aliphatic carboxylic acids is 1. The van der Waals surface area contributed by atoms with E-state index in [-0.39, 0.29) is 18.7 Å². The van der Waals surface area contributed by atoms with Gasteiger partial charge in [0.15, 0.2) is 0 Å². The van der Waals surface area contributed by atoms with Crippen LogP contribution in [0.4, 0.5) is 11.5 Å². The second kappa shape index (κ2) is 5.06. The monoisotopic (exact) mass is 225 g/mol. The van der Waals surface area contributed by atoms with Crippen LogP contribution in [0.2, 0.25) is 0 Å². The summed E-state index contributed by atoms with van der Waals surface area (Å²) in [5.74, 6) is -0.476. The van der Waals surface area contributed by atoms with E-state index >= 15 is 0 Å². The van der Waals surface area contributed by atoms with Crippen LogP contribution in [0, 0.1) is 17.0 Å². The Kier molecular flexibility index (Phi) is 3.76. The second-order valence-corrected chi connectivity index (χ2v) is 3.18. The Morgan fingerprint density at radius 2 is 2.38 bits per heavy atom. The van der Waals surface area contributed by atoms with E-state index in [0.717, 1.165) is 6.20 Å². The highest BCUT2D eigenvalue weighted by molar-refractivity contribution is 5.67. The number of pyridine rings is 1. The van der Waals surface area contributed by atoms with Crippen LogP contribution in [0.25, 0.3) is 0 Å². The molecule has 0 amide bonds. The van der Waals surface area contributed by atoms with Gasteiger partial charge >= 0.3 is 5.97 Å². The molecule has 0 saturated carbocycles. The molecule has 0 radical (unpaired) electrons. The number of aromatic nitrogens is 1. The minimum atomic E-state index is -0.911. The summed E-state index contributed by atoms with van der Waals surface area (Å²) in [6.07, 6.45) is 1.12. The van der Waals surface area contributed by atoms with Crippen molar-refractivity contribution in [2.75, 3.05) is 11.9 Å². The van der Waals surface area contributed by atoms with Gasteiger partial charge in [0.25, 0.3) is 5.69 Å². The van der Waals surface area contributed by atoms with Gasteiger partial charge in [-0.1, -0.05) is 0 Å². The fraction of sp³-hybridized carbons (Fsp3) is 0.333. The molecule has 0 aliphatic rings. The Morgan fingerprint density at radius 1 is 1.69 bits per heavy atom. The van der Waals surface area contributed by atoms with Crippen molar-refractivity contribution in [3.63, 3.8) is 0 Å². The standard InChI is InChI=1S/C9H11N3O4/c1-6-4-8(10-3-2-9(13)14)11-5-7(6)12(15)16/h4-5H,2-3H2,1H3,(H,10,11)(H,13,14). The van der Waals surface area contributed by atoms with Crippen LogP contribution in [0.15, 0.2) is 12.3 Å². The fourth-order valence-electron chi connectivity index (χ4n) is 1.13. The first-order valence-electron chi connectivity index (χ1n) is 4.57. The highest BCUT2D eigenvalue weighted by Crippen LogP contribution is 2.18. The number of nitrogens with zero attached hydrogens (tertiary/aromatic N) is 2. The number of nitrogens with one attached hydrogen (secondary N) is 1. The van der Waals surface area contributed by atoms with Gasteiger partial charge < -0.3 is 10.4 Å². The third-order valence-corrected chi connectivity index (χ3v) is 1.92. The van der Waals surface area contributed by atoms with Crippen molar-refractivity contribution in [2.45, 2.75) is 13.3 Å². The summed E-state index contributed by atoms with van der Waals surface area (Å²) in [5.41, 5.74) is 0.432. The molecule has 0 aromatic carbocycles. The van der Waals surface area contributed by atoms with E-state index < -0.39 is 10.9 Å². The molecule has 1 rings (SSSR count). The molecule has 0 unspecified atom stereocenters. The molecule has 0 atom stereocenters. The lowest BCUT2D eigenvalue weighted by Gasteiger charge is -2.04. The molecule has 1 aromatic heterocycles. The maximum Gasteiger partial charge on any atom is 0.305 e. The van der Waals surface area contributed by atoms with Gasteiger partial charge in [-0.25, -0.2) is 4.98 Å². The largest absolute Gasteiger partial charge is 0.481 e. The first kappa shape index (κ1) is 11.9. The first-order valence-corrected chi connectivity index (χ1v) is 4.57. The molecule has 86 valence electrons. The van der Waals surface area contributed by atoms with Crippen LogP contribution in [0.1, 0.15) is 12.0 Å². The van der Waals surface area contributed by atoms with E-state index in [1.807, 2.05) is 0 Å². The van der Waals surface area contributed by atoms with Crippen LogP contribution in [0.5, 0.6) is 0 Å². The predicted octanol–water partition coefficient (Wildman–Crippen LogP) is 1.18. The Morgan fingerprint density at radius 3 is 2.88 bits per heavy atom. The minimum absolute atomic E-state index is 0.0300. The van der Waals surface area contributed by atoms with E-state index in [9.17, 15) is 14.9 Å². The van der Waals surface area contributed by atoms with Crippen LogP contribution in [0.3, 0.4) is 0 Å². The summed E-state index contributed by atoms with van der Waals surface area (Å²) >= 11 is 0. The van der Waals surface area contributed by atoms with E-state index in [2.05, 4.69) is 10.3 Å². The summed E-state index contributed by atoms with van der Waals surface area (Å²) in [4.78, 5) is 24.1. The molecule has 0 saturated heterocycles. The van der Waals surface area contributed by atoms with Crippen LogP contribution < -0.4 is 5.32 Å². The molecule has 7 nitrogen and oxygen atoms in total. The number of rotatable bonds is 5. The average molecular weight is 225 g/mol. The second-order valence-electron chi connectivity index (χ2n) is 3.18. The zero-order valence-electron chi connectivity index (χ0n) is 8.64. The highest BCUT2D eigenvalue weighted by atomic mass is 16.6. The number of hydrogen-bond donors (Lipinski definition) is 2. The van der Waals surface area contributed by atoms with Crippen molar-refractivity contribution in [2.24, 2.45) is 0 Å². The summed E-state index contributed by atoms with van der Waals surface area (Å²) in [7, 11) is 0. The number of anilines is 1. The number of carboxylic acid groups (broad SMARTS) is 1. The van der Waals surface area contributed by atoms with Gasteiger partial charge in [0.2, 0.25) is 0 Å². The molecule has 0 spiro atoms. The van der Waals surface area contributed by atoms with Gasteiger partial charge in [-0.3, -0.25) is 14.9 Å². The zero-order chi connectivity index (χ0) is 12.1. The summed E-state index contributed by atoms with van der Waals surface area (Å²) in [6, 6.07) is 1.51. The predicted molar refractivity (Wildman–Crippen MR) is 56.4 cm³/mol. The van der Waals surface area contributed by atoms with Gasteiger partial charge in [-0.2, -0.15) is 0 Å². The Bertz CT molecular complexity index is 419. The van der Waals surface area contributed by atoms with Gasteiger partial charge in [-0.05, 0) is 13.0 Å². The fourth-order valence-corrected chi connectivity index (χ4v) is 1.13. The molecule has 0 aliphatic carbocycles. The molecule has 2 N–H and O–H groups in total. The van der Waals surface area contributed by atoms with Crippen molar-refractivity contribution in [1.82, 2.24) is 4.98 Å². The third kappa shape index (κ3) is 3.19. The summed E-state index contributed by atoms with van der Waals surface area (Å²) in [6.45, 7) is 1.84. The van der Waals surface area contributed by atoms with Crippen molar-refractivity contribution in [3.05, 3.63) is 27.9 Å². The maximum atomic E-state index is 10.5. The molecule has 0 fully saturated rings. The van der Waals surface area contributed by atoms with Crippen molar-refractivity contribution < 1.29 is 14.8 Å². The normalized spacial score (nSPS) is 9.81. The topological polar surface area (TPSA) is 105 Å². The molecule has 0 aliphatic heterocycles. The lowest BCUT2D eigenvalue weighted by atomic mass is 10.2. The number of aryl methyl sites for hydroxylation is 1. The van der Waals surface area contributed by atoms with Gasteiger partial charge in [-0.15, -0.1) is 0 Å². The molecule has 1 aromatic rings. The average Bonchev–Trinajstić information content (AvgIpc) is 2.16. The summed E-state index contributed by atoms with van der Waals surface area (Å²) < 4.78 is 0. The van der Waals surface area contributed by atoms with Crippen molar-refractivity contribution in [1.29, 1.82) is 0 Å². The van der Waals surface area contributed by atoms with Gasteiger partial charge in [0, 0.05) is 12.1 Å². The third-order valence-electron chi connectivity index (χ3n) is 1.92. The van der Waals surface area contributed by atoms with Crippen LogP contribution >= 0.6 is 0 Å². The maximum absolute atomic E-state index is 10.5. The molecule has 1 heterocycles. The minimum Gasteiger partial charge on any atom is -0.481 e. The Labute approximate surface area is 91.3 Å². The summed E-state index contributed by atoms with van der Waals surface area (Å²) in [5, 5.41) is 21.7. The molecular formula is C9H11N3O4. The van der Waals surface area contributed by atoms with Gasteiger partial charge in [0.05, 0.1) is 11.3 Å². The van der Waals surface area contributed by atoms with Crippen LogP contribution in [-0.4, -0.2) is 27.5 Å². The number of hydrogen-bond acceptors (Lipinski definition) is 5. The highest BCUT2D eigenvalue weighted by Gasteiger charge is 2.11. The number of carbonyl (C=O) groups is 1. The molecule has 0 bridgehead atoms. The quantitative estimate of drug-likeness (QED) is 0.575. The van der Waals surface area contributed by atoms with E-state index in [1.54, 1.807) is 6.92 Å². The van der Waals surface area contributed by atoms with Crippen molar-refractivity contribution >= 4 is 17.5 Å². The molecule has 16 heavy (non-hydrogen) atoms. The van der Waals surface area contributed by atoms with Crippen molar-refractivity contribution in [3.8, 4) is 0 Å². The Balaban J connectivity index is 2.66. The Hall–Kier alpha value is -2.18.